The fourth-order valence-electron chi connectivity index (χ4n) is 9.59. The molecule has 0 saturated heterocycles. The van der Waals surface area contributed by atoms with Gasteiger partial charge in [0.25, 0.3) is 10.1 Å². The zero-order valence-electron chi connectivity index (χ0n) is 28.2. The number of nitrogens with two attached hydrogens (primary N) is 2. The number of guanidine groups is 1. The number of rotatable bonds is 10. The van der Waals surface area contributed by atoms with Crippen molar-refractivity contribution in [3.05, 3.63) is 0 Å². The molecular formula is C32H59N4O9S+. The van der Waals surface area contributed by atoms with Crippen molar-refractivity contribution >= 4 is 28.0 Å². The molecule has 0 unspecified atom stereocenters. The minimum atomic E-state index is -4.10. The number of aliphatic hydroxyl groups excluding tert-OH is 3. The average Bonchev–Trinajstić information content (AvgIpc) is 3.31. The molecule has 0 aromatic carbocycles. The van der Waals surface area contributed by atoms with E-state index in [2.05, 4.69) is 30.8 Å². The Morgan fingerprint density at radius 1 is 1.07 bits per heavy atom. The first-order chi connectivity index (χ1) is 21.3. The van der Waals surface area contributed by atoms with E-state index in [-0.39, 0.29) is 83.9 Å². The molecule has 0 spiro atoms. The molecule has 11 atom stereocenters. The third-order valence-corrected chi connectivity index (χ3v) is 12.9. The third-order valence-electron chi connectivity index (χ3n) is 12.1. The maximum Gasteiger partial charge on any atom is 0.341 e. The van der Waals surface area contributed by atoms with Crippen molar-refractivity contribution in [2.75, 3.05) is 32.5 Å². The molecule has 1 amide bonds. The molecule has 0 radical (unpaired) electrons. The number of nitrogens with zero attached hydrogens (tertiary/aromatic N) is 1. The van der Waals surface area contributed by atoms with Crippen molar-refractivity contribution in [2.24, 2.45) is 57.8 Å². The van der Waals surface area contributed by atoms with Crippen molar-refractivity contribution < 1.29 is 47.2 Å². The number of aliphatic hydroxyl groups is 3. The highest BCUT2D eigenvalue weighted by Crippen LogP contribution is 2.68. The van der Waals surface area contributed by atoms with Gasteiger partial charge >= 0.3 is 11.9 Å². The number of nitrogens with one attached hydrogen (secondary N) is 1. The van der Waals surface area contributed by atoms with E-state index in [1.165, 1.54) is 4.58 Å². The Morgan fingerprint density at radius 2 is 1.74 bits per heavy atom. The van der Waals surface area contributed by atoms with Gasteiger partial charge in [0.2, 0.25) is 5.91 Å². The first-order valence-electron chi connectivity index (χ1n) is 16.9. The second-order valence-corrected chi connectivity index (χ2v) is 16.3. The van der Waals surface area contributed by atoms with Crippen LogP contribution in [0.5, 0.6) is 0 Å². The topological polar surface area (TPSA) is 226 Å². The van der Waals surface area contributed by atoms with Crippen LogP contribution in [-0.4, -0.2) is 102 Å². The highest BCUT2D eigenvalue weighted by Gasteiger charge is 2.65. The molecule has 9 N–H and O–H groups in total. The number of likely N-dealkylation sites (N-methyl/N-ethyl adjacent to an activating group) is 1. The van der Waals surface area contributed by atoms with Gasteiger partial charge in [-0.05, 0) is 105 Å². The van der Waals surface area contributed by atoms with Gasteiger partial charge in [0, 0.05) is 13.0 Å². The van der Waals surface area contributed by atoms with E-state index in [4.69, 9.17) is 16.0 Å². The number of carbonyl (C=O) groups is 2. The molecule has 4 aliphatic rings. The van der Waals surface area contributed by atoms with Crippen molar-refractivity contribution in [3.63, 3.8) is 0 Å². The maximum atomic E-state index is 12.2. The molecule has 266 valence electrons. The van der Waals surface area contributed by atoms with Gasteiger partial charge in [-0.3, -0.25) is 25.4 Å². The SMILES string of the molecule is CCOC(=O)C[N+](C)=C(N)N.C[C@H](CCC(=O)NCCS(=O)(=O)O)[C@H]1CC[C@H]2[C@@H]3[C@H](O)C[C@@H]4C[C@H](O)CC[C@]4(C)[C@H]3C[C@H](O)[C@]12C. The van der Waals surface area contributed by atoms with Crippen LogP contribution in [0.1, 0.15) is 85.5 Å². The molecule has 13 nitrogen and oxygen atoms in total. The van der Waals surface area contributed by atoms with Gasteiger partial charge in [0.15, 0.2) is 6.54 Å². The van der Waals surface area contributed by atoms with E-state index in [0.717, 1.165) is 38.5 Å². The number of hydrogen-bond donors (Lipinski definition) is 7. The standard InChI is InChI=1S/C26H45NO7S.C6H13N3O2/c1-15(4-7-23(31)27-10-11-35(32,33)34)18-5-6-19-24-20(14-22(30)26(18,19)3)25(2)9-8-17(28)12-16(25)13-21(24)29;1-3-11-5(10)4-9(2)6(7)8/h15-22,24,28-30H,4-14H2,1-3H3,(H,27,31)(H,32,33,34);3-4H2,1-2H3,(H3,7,8)/p+1/t15-,16+,17-,18-,19+,20+,21-,22+,24+,25+,26-;/m1./s1. The van der Waals surface area contributed by atoms with E-state index in [1.807, 2.05) is 0 Å². The quantitative estimate of drug-likeness (QED) is 0.0564. The Balaban J connectivity index is 0.000000449. The van der Waals surface area contributed by atoms with Crippen LogP contribution in [0.2, 0.25) is 0 Å². The third kappa shape index (κ3) is 8.72. The molecule has 0 bridgehead atoms. The zero-order valence-corrected chi connectivity index (χ0v) is 29.0. The Kier molecular flexibility index (Phi) is 12.9. The molecule has 46 heavy (non-hydrogen) atoms. The van der Waals surface area contributed by atoms with Gasteiger partial charge in [-0.15, -0.1) is 0 Å². The highest BCUT2D eigenvalue weighted by atomic mass is 32.2. The largest absolute Gasteiger partial charge is 0.464 e. The maximum absolute atomic E-state index is 12.2. The van der Waals surface area contributed by atoms with Crippen molar-refractivity contribution in [1.29, 1.82) is 0 Å². The number of esters is 1. The molecule has 4 aliphatic carbocycles. The number of amides is 1. The highest BCUT2D eigenvalue weighted by molar-refractivity contribution is 7.85. The molecule has 14 heteroatoms. The Labute approximate surface area is 274 Å². The second-order valence-electron chi connectivity index (χ2n) is 14.8. The van der Waals surface area contributed by atoms with Crippen LogP contribution in [0, 0.1) is 46.3 Å². The van der Waals surface area contributed by atoms with Gasteiger partial charge in [0.1, 0.15) is 0 Å². The minimum Gasteiger partial charge on any atom is -0.464 e. The monoisotopic (exact) mass is 675 g/mol. The van der Waals surface area contributed by atoms with Crippen LogP contribution in [0.3, 0.4) is 0 Å². The van der Waals surface area contributed by atoms with Gasteiger partial charge in [-0.1, -0.05) is 20.8 Å². The lowest BCUT2D eigenvalue weighted by molar-refractivity contribution is -0.489. The molecular weight excluding hydrogens is 616 g/mol. The van der Waals surface area contributed by atoms with Gasteiger partial charge in [-0.25, -0.2) is 4.79 Å². The first kappa shape index (κ1) is 38.4. The summed E-state index contributed by atoms with van der Waals surface area (Å²) in [6.45, 7) is 8.77. The number of hydrogen-bond acceptors (Lipinski definition) is 8. The fourth-order valence-corrected chi connectivity index (χ4v) is 9.95. The van der Waals surface area contributed by atoms with Gasteiger partial charge in [-0.2, -0.15) is 8.42 Å². The summed E-state index contributed by atoms with van der Waals surface area (Å²) in [5, 5.41) is 35.8. The van der Waals surface area contributed by atoms with Crippen molar-refractivity contribution in [1.82, 2.24) is 5.32 Å². The van der Waals surface area contributed by atoms with Gasteiger partial charge < -0.3 is 25.4 Å². The summed E-state index contributed by atoms with van der Waals surface area (Å²) < 4.78 is 36.6. The lowest BCUT2D eigenvalue weighted by atomic mass is 9.43. The second kappa shape index (κ2) is 15.5. The van der Waals surface area contributed by atoms with E-state index >= 15 is 0 Å². The summed E-state index contributed by atoms with van der Waals surface area (Å²) >= 11 is 0. The molecule has 0 heterocycles. The number of ether oxygens (including phenoxy) is 1. The fraction of sp³-hybridized carbons (Fsp3) is 0.906. The first-order valence-corrected chi connectivity index (χ1v) is 18.5. The number of carbonyl (C=O) groups excluding carboxylic acids is 2. The van der Waals surface area contributed by atoms with Crippen LogP contribution < -0.4 is 16.8 Å². The Morgan fingerprint density at radius 3 is 2.35 bits per heavy atom. The number of fused-ring (bicyclic) bond motifs is 5. The Bertz CT molecular complexity index is 1210. The predicted molar refractivity (Wildman–Crippen MR) is 173 cm³/mol. The van der Waals surface area contributed by atoms with Crippen LogP contribution in [0.25, 0.3) is 0 Å². The summed E-state index contributed by atoms with van der Waals surface area (Å²) in [5.74, 6) is 0.484. The van der Waals surface area contributed by atoms with E-state index in [1.54, 1.807) is 14.0 Å². The summed E-state index contributed by atoms with van der Waals surface area (Å²) in [4.78, 5) is 23.0. The molecule has 0 aliphatic heterocycles. The van der Waals surface area contributed by atoms with Crippen molar-refractivity contribution in [3.8, 4) is 0 Å². The van der Waals surface area contributed by atoms with Crippen molar-refractivity contribution in [2.45, 2.75) is 104 Å². The summed E-state index contributed by atoms with van der Waals surface area (Å²) in [6.07, 6.45) is 5.67. The zero-order chi connectivity index (χ0) is 34.6. The predicted octanol–water partition coefficient (Wildman–Crippen LogP) is 0.833. The lowest BCUT2D eigenvalue weighted by Gasteiger charge is -2.63. The molecule has 4 saturated carbocycles. The van der Waals surface area contributed by atoms with E-state index in [0.29, 0.717) is 25.4 Å². The Hall–Kier alpha value is -2.00. The smallest absolute Gasteiger partial charge is 0.341 e. The molecule has 0 aromatic heterocycles. The van der Waals surface area contributed by atoms with Crippen LogP contribution >= 0.6 is 0 Å². The summed E-state index contributed by atoms with van der Waals surface area (Å²) in [5.41, 5.74) is 10.1. The summed E-state index contributed by atoms with van der Waals surface area (Å²) in [7, 11) is -2.48. The summed E-state index contributed by atoms with van der Waals surface area (Å²) in [6, 6.07) is 0. The van der Waals surface area contributed by atoms with E-state index in [9.17, 15) is 33.3 Å². The normalized spacial score (nSPS) is 37.3. The van der Waals surface area contributed by atoms with Crippen LogP contribution in [-0.2, 0) is 24.4 Å². The molecule has 4 rings (SSSR count). The van der Waals surface area contributed by atoms with E-state index < -0.39 is 28.1 Å². The average molecular weight is 676 g/mol. The molecule has 0 aromatic rings. The molecule has 4 fully saturated rings. The van der Waals surface area contributed by atoms with Crippen LogP contribution in [0.4, 0.5) is 0 Å². The van der Waals surface area contributed by atoms with Crippen LogP contribution in [0.15, 0.2) is 0 Å². The minimum absolute atomic E-state index is 0.0509. The van der Waals surface area contributed by atoms with Gasteiger partial charge in [0.05, 0.1) is 37.7 Å². The lowest BCUT2D eigenvalue weighted by Crippen LogP contribution is -2.62.